The van der Waals surface area contributed by atoms with Crippen molar-refractivity contribution in [2.45, 2.75) is 19.3 Å². The number of amides is 1. The molecule has 2 rings (SSSR count). The number of benzene rings is 1. The predicted molar refractivity (Wildman–Crippen MR) is 69.5 cm³/mol. The number of nitrogen functional groups attached to an aromatic ring is 1. The Morgan fingerprint density at radius 2 is 1.95 bits per heavy atom. The van der Waals surface area contributed by atoms with Crippen molar-refractivity contribution in [2.75, 3.05) is 23.7 Å². The summed E-state index contributed by atoms with van der Waals surface area (Å²) in [6.07, 6.45) is 1.89. The monoisotopic (exact) mass is 269 g/mol. The van der Waals surface area contributed by atoms with Crippen molar-refractivity contribution in [3.63, 3.8) is 0 Å². The first-order valence-electron chi connectivity index (χ1n) is 6.25. The van der Waals surface area contributed by atoms with Crippen molar-refractivity contribution in [3.05, 3.63) is 23.8 Å². The second kappa shape index (κ2) is 5.42. The zero-order valence-corrected chi connectivity index (χ0v) is 10.5. The Morgan fingerprint density at radius 3 is 2.53 bits per heavy atom. The number of carbonyl (C=O) groups excluding carboxylic acids is 1. The van der Waals surface area contributed by atoms with E-state index in [0.29, 0.717) is 25.2 Å². The van der Waals surface area contributed by atoms with Gasteiger partial charge in [0.15, 0.2) is 5.82 Å². The van der Waals surface area contributed by atoms with Crippen molar-refractivity contribution < 1.29 is 13.6 Å². The number of carbonyl (C=O) groups is 1. The number of nitrogens with two attached hydrogens (primary N) is 2. The average Bonchev–Trinajstić information content (AvgIpc) is 2.34. The average molecular weight is 269 g/mol. The third-order valence-corrected chi connectivity index (χ3v) is 3.52. The Labute approximate surface area is 110 Å². The SMILES string of the molecule is NC(=O)CC1CCN(c2cc(F)cc(F)c2N)CC1. The molecule has 0 unspecified atom stereocenters. The number of hydrogen-bond donors (Lipinski definition) is 2. The van der Waals surface area contributed by atoms with Crippen LogP contribution in [0.3, 0.4) is 0 Å². The normalized spacial score (nSPS) is 16.6. The number of piperidine rings is 1. The molecule has 0 aliphatic carbocycles. The van der Waals surface area contributed by atoms with Crippen LogP contribution in [0.2, 0.25) is 0 Å². The summed E-state index contributed by atoms with van der Waals surface area (Å²) >= 11 is 0. The van der Waals surface area contributed by atoms with Crippen molar-refractivity contribution in [3.8, 4) is 0 Å². The van der Waals surface area contributed by atoms with E-state index in [0.717, 1.165) is 18.9 Å². The Hall–Kier alpha value is -1.85. The van der Waals surface area contributed by atoms with Crippen LogP contribution in [0.1, 0.15) is 19.3 Å². The lowest BCUT2D eigenvalue weighted by atomic mass is 9.93. The smallest absolute Gasteiger partial charge is 0.217 e. The van der Waals surface area contributed by atoms with E-state index in [1.165, 1.54) is 6.07 Å². The predicted octanol–water partition coefficient (Wildman–Crippen LogP) is 1.64. The fraction of sp³-hybridized carbons (Fsp3) is 0.462. The quantitative estimate of drug-likeness (QED) is 0.819. The van der Waals surface area contributed by atoms with Crippen LogP contribution < -0.4 is 16.4 Å². The van der Waals surface area contributed by atoms with E-state index in [-0.39, 0.29) is 17.5 Å². The molecule has 1 saturated heterocycles. The van der Waals surface area contributed by atoms with Gasteiger partial charge in [-0.2, -0.15) is 0 Å². The minimum atomic E-state index is -0.741. The standard InChI is InChI=1S/C13H17F2N3O/c14-9-6-10(15)13(17)11(7-9)18-3-1-8(2-4-18)5-12(16)19/h6-8H,1-5,17H2,(H2,16,19). The highest BCUT2D eigenvalue weighted by Gasteiger charge is 2.23. The molecule has 1 aromatic rings. The van der Waals surface area contributed by atoms with E-state index < -0.39 is 11.6 Å². The number of nitrogens with zero attached hydrogens (tertiary/aromatic N) is 1. The lowest BCUT2D eigenvalue weighted by Gasteiger charge is -2.34. The molecule has 0 bridgehead atoms. The second-order valence-corrected chi connectivity index (χ2v) is 4.92. The summed E-state index contributed by atoms with van der Waals surface area (Å²) in [7, 11) is 0. The molecular weight excluding hydrogens is 252 g/mol. The highest BCUT2D eigenvalue weighted by Crippen LogP contribution is 2.31. The highest BCUT2D eigenvalue weighted by molar-refractivity contribution is 5.74. The molecule has 6 heteroatoms. The van der Waals surface area contributed by atoms with E-state index in [1.54, 1.807) is 0 Å². The third kappa shape index (κ3) is 3.13. The van der Waals surface area contributed by atoms with Crippen LogP contribution in [0.5, 0.6) is 0 Å². The lowest BCUT2D eigenvalue weighted by Crippen LogP contribution is -2.35. The van der Waals surface area contributed by atoms with E-state index in [4.69, 9.17) is 11.5 Å². The summed E-state index contributed by atoms with van der Waals surface area (Å²) in [5.74, 6) is -1.45. The number of anilines is 2. The molecule has 4 nitrogen and oxygen atoms in total. The van der Waals surface area contributed by atoms with Crippen molar-refractivity contribution >= 4 is 17.3 Å². The maximum absolute atomic E-state index is 13.4. The van der Waals surface area contributed by atoms with Gasteiger partial charge in [-0.1, -0.05) is 0 Å². The van der Waals surface area contributed by atoms with Gasteiger partial charge in [0.2, 0.25) is 5.91 Å². The molecule has 4 N–H and O–H groups in total. The van der Waals surface area contributed by atoms with Gasteiger partial charge in [-0.15, -0.1) is 0 Å². The Balaban J connectivity index is 2.07. The molecule has 1 aromatic carbocycles. The van der Waals surface area contributed by atoms with Gasteiger partial charge in [0, 0.05) is 25.6 Å². The van der Waals surface area contributed by atoms with Gasteiger partial charge in [-0.3, -0.25) is 4.79 Å². The Bertz CT molecular complexity index is 485. The number of halogens is 2. The molecule has 0 aromatic heterocycles. The maximum atomic E-state index is 13.4. The Morgan fingerprint density at radius 1 is 1.32 bits per heavy atom. The molecule has 0 radical (unpaired) electrons. The number of primary amides is 1. The summed E-state index contributed by atoms with van der Waals surface area (Å²) in [5, 5.41) is 0. The van der Waals surface area contributed by atoms with Crippen LogP contribution in [0.4, 0.5) is 20.2 Å². The van der Waals surface area contributed by atoms with Crippen LogP contribution in [0.25, 0.3) is 0 Å². The van der Waals surface area contributed by atoms with Gasteiger partial charge in [0.1, 0.15) is 5.82 Å². The van der Waals surface area contributed by atoms with Gasteiger partial charge >= 0.3 is 0 Å². The zero-order chi connectivity index (χ0) is 14.0. The van der Waals surface area contributed by atoms with E-state index >= 15 is 0 Å². The number of hydrogen-bond acceptors (Lipinski definition) is 3. The van der Waals surface area contributed by atoms with Gasteiger partial charge < -0.3 is 16.4 Å². The molecule has 1 fully saturated rings. The summed E-state index contributed by atoms with van der Waals surface area (Å²) in [4.78, 5) is 12.7. The molecule has 0 atom stereocenters. The fourth-order valence-corrected chi connectivity index (χ4v) is 2.50. The summed E-state index contributed by atoms with van der Waals surface area (Å²) in [6.45, 7) is 1.23. The second-order valence-electron chi connectivity index (χ2n) is 4.92. The zero-order valence-electron chi connectivity index (χ0n) is 10.5. The Kier molecular flexibility index (Phi) is 3.87. The van der Waals surface area contributed by atoms with Gasteiger partial charge in [0.05, 0.1) is 11.4 Å². The van der Waals surface area contributed by atoms with Crippen LogP contribution >= 0.6 is 0 Å². The van der Waals surface area contributed by atoms with Gasteiger partial charge in [-0.05, 0) is 24.8 Å². The first-order chi connectivity index (χ1) is 8.97. The molecule has 0 saturated carbocycles. The van der Waals surface area contributed by atoms with E-state index in [9.17, 15) is 13.6 Å². The first-order valence-corrected chi connectivity index (χ1v) is 6.25. The largest absolute Gasteiger partial charge is 0.395 e. The van der Waals surface area contributed by atoms with Crippen LogP contribution in [0, 0.1) is 17.6 Å². The molecule has 1 aliphatic heterocycles. The molecule has 0 spiro atoms. The topological polar surface area (TPSA) is 72.4 Å². The minimum Gasteiger partial charge on any atom is -0.395 e. The summed E-state index contributed by atoms with van der Waals surface area (Å²) in [6, 6.07) is 2.02. The molecular formula is C13H17F2N3O. The summed E-state index contributed by atoms with van der Waals surface area (Å²) in [5.41, 5.74) is 11.2. The number of rotatable bonds is 3. The molecule has 1 heterocycles. The van der Waals surface area contributed by atoms with Crippen LogP contribution in [-0.4, -0.2) is 19.0 Å². The highest BCUT2D eigenvalue weighted by atomic mass is 19.1. The van der Waals surface area contributed by atoms with E-state index in [1.807, 2.05) is 4.90 Å². The molecule has 1 amide bonds. The van der Waals surface area contributed by atoms with Crippen molar-refractivity contribution in [1.82, 2.24) is 0 Å². The first kappa shape index (κ1) is 13.6. The molecule has 104 valence electrons. The van der Waals surface area contributed by atoms with Crippen LogP contribution in [-0.2, 0) is 4.79 Å². The minimum absolute atomic E-state index is 0.0326. The third-order valence-electron chi connectivity index (χ3n) is 3.52. The van der Waals surface area contributed by atoms with Gasteiger partial charge in [0.25, 0.3) is 0 Å². The fourth-order valence-electron chi connectivity index (χ4n) is 2.50. The van der Waals surface area contributed by atoms with Crippen molar-refractivity contribution in [1.29, 1.82) is 0 Å². The molecule has 19 heavy (non-hydrogen) atoms. The summed E-state index contributed by atoms with van der Waals surface area (Å²) < 4.78 is 26.6. The van der Waals surface area contributed by atoms with Gasteiger partial charge in [-0.25, -0.2) is 8.78 Å². The lowest BCUT2D eigenvalue weighted by molar-refractivity contribution is -0.119. The molecule has 1 aliphatic rings. The maximum Gasteiger partial charge on any atom is 0.217 e. The van der Waals surface area contributed by atoms with Crippen LogP contribution in [0.15, 0.2) is 12.1 Å². The van der Waals surface area contributed by atoms with Crippen molar-refractivity contribution in [2.24, 2.45) is 11.7 Å². The van der Waals surface area contributed by atoms with E-state index in [2.05, 4.69) is 0 Å².